The zero-order valence-electron chi connectivity index (χ0n) is 29.4. The van der Waals surface area contributed by atoms with E-state index in [9.17, 15) is 33.1 Å². The maximum atomic E-state index is 14.2. The van der Waals surface area contributed by atoms with Crippen molar-refractivity contribution in [3.05, 3.63) is 117 Å². The first-order valence-corrected chi connectivity index (χ1v) is 18.4. The van der Waals surface area contributed by atoms with Crippen LogP contribution in [-0.2, 0) is 34.3 Å². The van der Waals surface area contributed by atoms with Crippen LogP contribution < -0.4 is 16.7 Å². The average Bonchev–Trinajstić information content (AvgIpc) is 3.36. The molecule has 1 heterocycles. The third-order valence-electron chi connectivity index (χ3n) is 8.88. The minimum atomic E-state index is -4.10. The number of sulfonamides is 1. The highest BCUT2D eigenvalue weighted by atomic mass is 32.2. The van der Waals surface area contributed by atoms with Crippen molar-refractivity contribution in [2.45, 2.75) is 76.7 Å². The van der Waals surface area contributed by atoms with E-state index >= 15 is 0 Å². The third-order valence-corrected chi connectivity index (χ3v) is 10.7. The van der Waals surface area contributed by atoms with E-state index < -0.39 is 39.8 Å². The van der Waals surface area contributed by atoms with Crippen LogP contribution in [0.1, 0.15) is 56.8 Å². The number of hydrogen-bond donors (Lipinski definition) is 4. The van der Waals surface area contributed by atoms with Crippen LogP contribution in [0.2, 0.25) is 0 Å². The fourth-order valence-corrected chi connectivity index (χ4v) is 7.64. The minimum absolute atomic E-state index is 0.00707. The number of nitrogen functional groups attached to an aromatic ring is 1. The number of aliphatic hydroxyl groups is 1. The summed E-state index contributed by atoms with van der Waals surface area (Å²) in [6, 6.07) is 19.9. The number of aromatic hydroxyl groups is 1. The molecule has 0 aliphatic heterocycles. The molecule has 0 saturated heterocycles. The molecule has 274 valence electrons. The van der Waals surface area contributed by atoms with Crippen LogP contribution in [-0.4, -0.2) is 63.2 Å². The Morgan fingerprint density at radius 2 is 1.63 bits per heavy atom. The molecule has 0 aliphatic rings. The molecule has 4 atom stereocenters. The van der Waals surface area contributed by atoms with E-state index in [1.54, 1.807) is 24.3 Å². The molecular formula is C37H48N6O7S. The SMILES string of the molecule is CC[C@H](C)[C@@H](C(=O)N[C@@H](Cc1ccccc1)[C@H](O)CN(CC(C)C)S(=O)(=O)c1ccc(CN=O)cc1)n1cc(O)n(Cc2cccc(N)c2)c1=O. The van der Waals surface area contributed by atoms with E-state index in [4.69, 9.17) is 5.73 Å². The summed E-state index contributed by atoms with van der Waals surface area (Å²) in [5.41, 5.74) is 7.86. The van der Waals surface area contributed by atoms with Crippen molar-refractivity contribution >= 4 is 21.6 Å². The highest BCUT2D eigenvalue weighted by molar-refractivity contribution is 7.89. The van der Waals surface area contributed by atoms with Gasteiger partial charge in [0.05, 0.1) is 29.8 Å². The van der Waals surface area contributed by atoms with Gasteiger partial charge in [-0.3, -0.25) is 13.9 Å². The number of nitrogens with two attached hydrogens (primary N) is 1. The van der Waals surface area contributed by atoms with Crippen molar-refractivity contribution in [3.8, 4) is 5.88 Å². The summed E-state index contributed by atoms with van der Waals surface area (Å²) in [6.07, 6.45) is 0.554. The Morgan fingerprint density at radius 3 is 2.24 bits per heavy atom. The molecule has 14 heteroatoms. The zero-order valence-corrected chi connectivity index (χ0v) is 30.2. The number of hydrogen-bond acceptors (Lipinski definition) is 9. The third kappa shape index (κ3) is 9.93. The Morgan fingerprint density at radius 1 is 0.961 bits per heavy atom. The highest BCUT2D eigenvalue weighted by Crippen LogP contribution is 2.25. The standard InChI is InChI=1S/C37H48N6O7S/c1-5-26(4)35(43-24-34(45)42(37(43)47)22-29-12-9-13-30(38)18-29)36(46)40-32(19-27-10-7-6-8-11-27)33(44)23-41(21-25(2)3)51(49,50)31-16-14-28(15-17-31)20-39-48/h6-18,24-26,32-33,35,44-45H,5,19-23,38H2,1-4H3,(H,40,46)/t26-,32-,33+,35-/m0/s1. The first-order valence-electron chi connectivity index (χ1n) is 17.0. The molecule has 1 aromatic heterocycles. The van der Waals surface area contributed by atoms with Crippen LogP contribution in [0.3, 0.4) is 0 Å². The van der Waals surface area contributed by atoms with Gasteiger partial charge in [0, 0.05) is 18.8 Å². The van der Waals surface area contributed by atoms with E-state index in [1.807, 2.05) is 58.0 Å². The Kier molecular flexibility index (Phi) is 13.3. The summed E-state index contributed by atoms with van der Waals surface area (Å²) in [5.74, 6) is -1.35. The van der Waals surface area contributed by atoms with Gasteiger partial charge in [0.25, 0.3) is 0 Å². The molecule has 0 unspecified atom stereocenters. The number of aliphatic hydroxyl groups excluding tert-OH is 1. The molecule has 0 spiro atoms. The fourth-order valence-electron chi connectivity index (χ4n) is 6.01. The summed E-state index contributed by atoms with van der Waals surface area (Å²) in [7, 11) is -4.10. The van der Waals surface area contributed by atoms with Crippen molar-refractivity contribution in [1.82, 2.24) is 18.8 Å². The van der Waals surface area contributed by atoms with Gasteiger partial charge in [0.15, 0.2) is 0 Å². The molecule has 13 nitrogen and oxygen atoms in total. The van der Waals surface area contributed by atoms with Crippen molar-refractivity contribution < 1.29 is 23.4 Å². The average molecular weight is 721 g/mol. The highest BCUT2D eigenvalue weighted by Gasteiger charge is 2.35. The van der Waals surface area contributed by atoms with E-state index in [0.29, 0.717) is 23.2 Å². The number of anilines is 1. The Balaban J connectivity index is 1.67. The second-order valence-electron chi connectivity index (χ2n) is 13.4. The predicted molar refractivity (Wildman–Crippen MR) is 196 cm³/mol. The number of carbonyl (C=O) groups excluding carboxylic acids is 1. The predicted octanol–water partition coefficient (Wildman–Crippen LogP) is 4.27. The lowest BCUT2D eigenvalue weighted by Gasteiger charge is -2.32. The second kappa shape index (κ2) is 17.4. The van der Waals surface area contributed by atoms with E-state index in [2.05, 4.69) is 10.5 Å². The van der Waals surface area contributed by atoms with Crippen LogP contribution >= 0.6 is 0 Å². The van der Waals surface area contributed by atoms with Gasteiger partial charge in [-0.25, -0.2) is 13.2 Å². The number of imidazole rings is 1. The molecule has 0 radical (unpaired) electrons. The summed E-state index contributed by atoms with van der Waals surface area (Å²) < 4.78 is 31.3. The zero-order chi connectivity index (χ0) is 37.3. The molecule has 0 aliphatic carbocycles. The number of amides is 1. The number of carbonyl (C=O) groups is 1. The van der Waals surface area contributed by atoms with E-state index in [0.717, 1.165) is 10.1 Å². The molecule has 4 aromatic rings. The first kappa shape index (κ1) is 39.0. The van der Waals surface area contributed by atoms with E-state index in [1.165, 1.54) is 39.3 Å². The van der Waals surface area contributed by atoms with Gasteiger partial charge >= 0.3 is 5.69 Å². The number of nitrogens with zero attached hydrogens (tertiary/aromatic N) is 4. The van der Waals surface area contributed by atoms with Gasteiger partial charge in [-0.05, 0) is 59.2 Å². The van der Waals surface area contributed by atoms with Gasteiger partial charge in [0.1, 0.15) is 12.6 Å². The number of nitroso groups, excluding NO2 is 1. The van der Waals surface area contributed by atoms with Crippen molar-refractivity contribution in [2.75, 3.05) is 18.8 Å². The van der Waals surface area contributed by atoms with Crippen LogP contribution in [0.25, 0.3) is 0 Å². The number of aromatic nitrogens is 2. The molecule has 4 rings (SSSR count). The summed E-state index contributed by atoms with van der Waals surface area (Å²) >= 11 is 0. The monoisotopic (exact) mass is 720 g/mol. The van der Waals surface area contributed by atoms with Gasteiger partial charge in [0.2, 0.25) is 21.8 Å². The van der Waals surface area contributed by atoms with Gasteiger partial charge in [-0.1, -0.05) is 93.9 Å². The molecule has 5 N–H and O–H groups in total. The molecule has 0 fully saturated rings. The number of nitrogens with one attached hydrogen (secondary N) is 1. The number of rotatable bonds is 18. The lowest BCUT2D eigenvalue weighted by molar-refractivity contribution is -0.127. The maximum Gasteiger partial charge on any atom is 0.332 e. The Bertz CT molecular complexity index is 1930. The van der Waals surface area contributed by atoms with Crippen LogP contribution in [0.15, 0.2) is 99.9 Å². The minimum Gasteiger partial charge on any atom is -0.493 e. The number of benzene rings is 3. The second-order valence-corrected chi connectivity index (χ2v) is 15.3. The summed E-state index contributed by atoms with van der Waals surface area (Å²) in [4.78, 5) is 38.7. The first-order chi connectivity index (χ1) is 24.2. The quantitative estimate of drug-likeness (QED) is 0.0866. The van der Waals surface area contributed by atoms with Gasteiger partial charge in [-0.15, -0.1) is 0 Å². The lowest BCUT2D eigenvalue weighted by Crippen LogP contribution is -2.53. The van der Waals surface area contributed by atoms with Gasteiger partial charge < -0.3 is 21.3 Å². The Labute approximate surface area is 298 Å². The molecule has 0 bridgehead atoms. The van der Waals surface area contributed by atoms with Gasteiger partial charge in [-0.2, -0.15) is 9.21 Å². The smallest absolute Gasteiger partial charge is 0.332 e. The topological polar surface area (TPSA) is 189 Å². The normalized spacial score (nSPS) is 14.3. The molecular weight excluding hydrogens is 673 g/mol. The van der Waals surface area contributed by atoms with Crippen LogP contribution in [0, 0.1) is 16.7 Å². The van der Waals surface area contributed by atoms with Crippen LogP contribution in [0.4, 0.5) is 5.69 Å². The molecule has 51 heavy (non-hydrogen) atoms. The fraction of sp³-hybridized carbons (Fsp3) is 0.405. The summed E-state index contributed by atoms with van der Waals surface area (Å²) in [6.45, 7) is 7.12. The van der Waals surface area contributed by atoms with Crippen LogP contribution in [0.5, 0.6) is 5.88 Å². The van der Waals surface area contributed by atoms with Crippen molar-refractivity contribution in [2.24, 2.45) is 17.0 Å². The maximum absolute atomic E-state index is 14.2. The largest absolute Gasteiger partial charge is 0.493 e. The molecule has 1 amide bonds. The molecule has 0 saturated carbocycles. The summed E-state index contributed by atoms with van der Waals surface area (Å²) in [5, 5.41) is 28.4. The van der Waals surface area contributed by atoms with Crippen molar-refractivity contribution in [1.29, 1.82) is 0 Å². The molecule has 3 aromatic carbocycles. The van der Waals surface area contributed by atoms with Crippen molar-refractivity contribution in [3.63, 3.8) is 0 Å². The Hall–Kier alpha value is -4.79. The van der Waals surface area contributed by atoms with E-state index in [-0.39, 0.29) is 55.2 Å². The lowest BCUT2D eigenvalue weighted by atomic mass is 9.96.